The van der Waals surface area contributed by atoms with Gasteiger partial charge in [-0.2, -0.15) is 10.4 Å². The van der Waals surface area contributed by atoms with E-state index in [0.717, 1.165) is 5.56 Å². The standard InChI is InChI=1S/C12H14N6O/c1-7-5-9(16-8(2)19)3-4-10(7)17-18-11(6-13)12(14)15/h3-5,17H,1-2H3,(H3,14,15)(H,16,19)/b18-11+. The molecule has 1 amide bonds. The first-order valence-corrected chi connectivity index (χ1v) is 5.40. The minimum absolute atomic E-state index is 0.151. The summed E-state index contributed by atoms with van der Waals surface area (Å²) >= 11 is 0. The van der Waals surface area contributed by atoms with Crippen LogP contribution in [0.4, 0.5) is 11.4 Å². The summed E-state index contributed by atoms with van der Waals surface area (Å²) in [5, 5.41) is 22.2. The molecule has 1 aromatic carbocycles. The van der Waals surface area contributed by atoms with E-state index < -0.39 is 5.84 Å². The Bertz CT molecular complexity index is 584. The summed E-state index contributed by atoms with van der Waals surface area (Å²) in [7, 11) is 0. The van der Waals surface area contributed by atoms with Crippen molar-refractivity contribution in [1.29, 1.82) is 10.7 Å². The van der Waals surface area contributed by atoms with E-state index in [4.69, 9.17) is 16.4 Å². The van der Waals surface area contributed by atoms with E-state index in [1.807, 2.05) is 6.92 Å². The number of amidine groups is 1. The first-order chi connectivity index (χ1) is 8.93. The average molecular weight is 258 g/mol. The van der Waals surface area contributed by atoms with Gasteiger partial charge in [-0.3, -0.25) is 15.6 Å². The molecule has 0 aromatic heterocycles. The Labute approximate surface area is 110 Å². The lowest BCUT2D eigenvalue weighted by molar-refractivity contribution is -0.114. The number of amides is 1. The molecule has 0 saturated heterocycles. The van der Waals surface area contributed by atoms with E-state index in [1.54, 1.807) is 24.3 Å². The Balaban J connectivity index is 2.89. The van der Waals surface area contributed by atoms with Crippen LogP contribution in [0.2, 0.25) is 0 Å². The number of anilines is 2. The van der Waals surface area contributed by atoms with Crippen molar-refractivity contribution in [2.45, 2.75) is 13.8 Å². The number of rotatable bonds is 4. The van der Waals surface area contributed by atoms with Crippen molar-refractivity contribution in [3.63, 3.8) is 0 Å². The molecule has 7 heteroatoms. The topological polar surface area (TPSA) is 127 Å². The summed E-state index contributed by atoms with van der Waals surface area (Å²) in [4.78, 5) is 10.9. The molecule has 0 bridgehead atoms. The molecule has 19 heavy (non-hydrogen) atoms. The molecule has 0 radical (unpaired) electrons. The van der Waals surface area contributed by atoms with Gasteiger partial charge in [0.1, 0.15) is 6.07 Å². The van der Waals surface area contributed by atoms with Crippen molar-refractivity contribution < 1.29 is 4.79 Å². The van der Waals surface area contributed by atoms with Crippen LogP contribution in [0, 0.1) is 23.7 Å². The molecule has 0 fully saturated rings. The molecule has 0 aliphatic carbocycles. The van der Waals surface area contributed by atoms with Crippen molar-refractivity contribution >= 4 is 28.8 Å². The molecular formula is C12H14N6O. The lowest BCUT2D eigenvalue weighted by atomic mass is 10.2. The van der Waals surface area contributed by atoms with Crippen molar-refractivity contribution in [3.8, 4) is 6.07 Å². The van der Waals surface area contributed by atoms with Gasteiger partial charge in [-0.15, -0.1) is 0 Å². The predicted molar refractivity (Wildman–Crippen MR) is 74.1 cm³/mol. The molecular weight excluding hydrogens is 244 g/mol. The van der Waals surface area contributed by atoms with Crippen LogP contribution < -0.4 is 16.5 Å². The van der Waals surface area contributed by atoms with Gasteiger partial charge in [-0.05, 0) is 30.7 Å². The molecule has 0 heterocycles. The molecule has 0 atom stereocenters. The van der Waals surface area contributed by atoms with E-state index in [1.165, 1.54) is 6.92 Å². The second kappa shape index (κ2) is 6.16. The van der Waals surface area contributed by atoms with E-state index in [2.05, 4.69) is 15.8 Å². The maximum atomic E-state index is 10.9. The SMILES string of the molecule is CC(=O)Nc1ccc(N/N=C(\C#N)C(=N)N)c(C)c1. The third-order valence-electron chi connectivity index (χ3n) is 2.20. The van der Waals surface area contributed by atoms with E-state index in [9.17, 15) is 4.79 Å². The van der Waals surface area contributed by atoms with Crippen LogP contribution in [0.1, 0.15) is 12.5 Å². The van der Waals surface area contributed by atoms with Gasteiger partial charge in [0.2, 0.25) is 11.6 Å². The second-order valence-electron chi connectivity index (χ2n) is 3.81. The highest BCUT2D eigenvalue weighted by Crippen LogP contribution is 2.19. The fraction of sp³-hybridized carbons (Fsp3) is 0.167. The Morgan fingerprint density at radius 3 is 2.68 bits per heavy atom. The molecule has 0 aliphatic rings. The number of benzene rings is 1. The zero-order chi connectivity index (χ0) is 14.4. The number of nitrogens with two attached hydrogens (primary N) is 1. The summed E-state index contributed by atoms with van der Waals surface area (Å²) in [6.07, 6.45) is 0. The maximum Gasteiger partial charge on any atom is 0.221 e. The fourth-order valence-corrected chi connectivity index (χ4v) is 1.33. The minimum atomic E-state index is -0.400. The number of nitriles is 1. The zero-order valence-corrected chi connectivity index (χ0v) is 10.6. The lowest BCUT2D eigenvalue weighted by Crippen LogP contribution is -2.21. The molecule has 5 N–H and O–H groups in total. The highest BCUT2D eigenvalue weighted by molar-refractivity contribution is 6.45. The summed E-state index contributed by atoms with van der Waals surface area (Å²) < 4.78 is 0. The summed E-state index contributed by atoms with van der Waals surface area (Å²) in [6, 6.07) is 6.88. The highest BCUT2D eigenvalue weighted by atomic mass is 16.1. The molecule has 7 nitrogen and oxygen atoms in total. The molecule has 0 unspecified atom stereocenters. The summed E-state index contributed by atoms with van der Waals surface area (Å²) in [5.74, 6) is -0.552. The molecule has 1 aromatic rings. The van der Waals surface area contributed by atoms with Crippen LogP contribution in [0.3, 0.4) is 0 Å². The predicted octanol–water partition coefficient (Wildman–Crippen LogP) is 1.18. The third kappa shape index (κ3) is 4.12. The Morgan fingerprint density at radius 1 is 1.53 bits per heavy atom. The largest absolute Gasteiger partial charge is 0.382 e. The van der Waals surface area contributed by atoms with E-state index in [0.29, 0.717) is 11.4 Å². The van der Waals surface area contributed by atoms with Crippen LogP contribution in [0.25, 0.3) is 0 Å². The summed E-state index contributed by atoms with van der Waals surface area (Å²) in [5.41, 5.74) is 9.80. The highest BCUT2D eigenvalue weighted by Gasteiger charge is 2.03. The fourth-order valence-electron chi connectivity index (χ4n) is 1.33. The first kappa shape index (κ1) is 14.2. The Hall–Kier alpha value is -2.88. The first-order valence-electron chi connectivity index (χ1n) is 5.40. The van der Waals surface area contributed by atoms with Crippen LogP contribution in [-0.4, -0.2) is 17.5 Å². The van der Waals surface area contributed by atoms with Crippen LogP contribution in [-0.2, 0) is 4.79 Å². The monoisotopic (exact) mass is 258 g/mol. The van der Waals surface area contributed by atoms with Gasteiger partial charge in [0, 0.05) is 12.6 Å². The molecule has 1 rings (SSSR count). The lowest BCUT2D eigenvalue weighted by Gasteiger charge is -2.08. The van der Waals surface area contributed by atoms with Gasteiger partial charge in [-0.1, -0.05) is 0 Å². The quantitative estimate of drug-likeness (QED) is 0.367. The Morgan fingerprint density at radius 2 is 2.21 bits per heavy atom. The van der Waals surface area contributed by atoms with E-state index in [-0.39, 0.29) is 11.6 Å². The number of hydrogen-bond acceptors (Lipinski definition) is 5. The van der Waals surface area contributed by atoms with Gasteiger partial charge >= 0.3 is 0 Å². The van der Waals surface area contributed by atoms with Gasteiger partial charge in [-0.25, -0.2) is 0 Å². The van der Waals surface area contributed by atoms with Gasteiger partial charge in [0.05, 0.1) is 5.69 Å². The maximum absolute atomic E-state index is 10.9. The number of carbonyl (C=O) groups is 1. The molecule has 98 valence electrons. The van der Waals surface area contributed by atoms with Crippen molar-refractivity contribution in [2.24, 2.45) is 10.8 Å². The van der Waals surface area contributed by atoms with Crippen LogP contribution in [0.15, 0.2) is 23.3 Å². The van der Waals surface area contributed by atoms with Crippen molar-refractivity contribution in [3.05, 3.63) is 23.8 Å². The molecule has 0 spiro atoms. The second-order valence-corrected chi connectivity index (χ2v) is 3.81. The van der Waals surface area contributed by atoms with Crippen LogP contribution in [0.5, 0.6) is 0 Å². The Kier molecular flexibility index (Phi) is 4.60. The molecule has 0 aliphatic heterocycles. The van der Waals surface area contributed by atoms with Gasteiger partial charge in [0.15, 0.2) is 5.84 Å². The number of nitrogens with zero attached hydrogens (tertiary/aromatic N) is 2. The van der Waals surface area contributed by atoms with Gasteiger partial charge < -0.3 is 11.1 Å². The normalized spacial score (nSPS) is 10.5. The zero-order valence-electron chi connectivity index (χ0n) is 10.6. The third-order valence-corrected chi connectivity index (χ3v) is 2.20. The smallest absolute Gasteiger partial charge is 0.221 e. The van der Waals surface area contributed by atoms with Gasteiger partial charge in [0.25, 0.3) is 0 Å². The van der Waals surface area contributed by atoms with Crippen molar-refractivity contribution in [2.75, 3.05) is 10.7 Å². The molecule has 0 saturated carbocycles. The minimum Gasteiger partial charge on any atom is -0.382 e. The number of hydrogen-bond donors (Lipinski definition) is 4. The number of nitrogens with one attached hydrogen (secondary N) is 3. The number of aryl methyl sites for hydroxylation is 1. The van der Waals surface area contributed by atoms with Crippen molar-refractivity contribution in [1.82, 2.24) is 0 Å². The number of carbonyl (C=O) groups excluding carboxylic acids is 1. The van der Waals surface area contributed by atoms with E-state index >= 15 is 0 Å². The average Bonchev–Trinajstić information content (AvgIpc) is 2.31. The number of hydrazone groups is 1. The van der Waals surface area contributed by atoms with Crippen LogP contribution >= 0.6 is 0 Å². The summed E-state index contributed by atoms with van der Waals surface area (Å²) in [6.45, 7) is 3.25.